The number of aromatic nitrogens is 1. The number of hydrogen-bond acceptors (Lipinski definition) is 6. The first kappa shape index (κ1) is 22.9. The van der Waals surface area contributed by atoms with Crippen LogP contribution in [0.2, 0.25) is 0 Å². The van der Waals surface area contributed by atoms with Crippen LogP contribution in [-0.2, 0) is 14.3 Å². The number of carboxylic acids is 1. The lowest BCUT2D eigenvalue weighted by molar-refractivity contribution is -0.192. The van der Waals surface area contributed by atoms with Crippen molar-refractivity contribution in [1.82, 2.24) is 9.88 Å². The number of pyridine rings is 1. The molecule has 2 fully saturated rings. The van der Waals surface area contributed by atoms with Crippen molar-refractivity contribution < 1.29 is 42.1 Å². The van der Waals surface area contributed by atoms with Gasteiger partial charge in [0.1, 0.15) is 11.7 Å². The number of carboxylic acid groups (broad SMARTS) is 1. The van der Waals surface area contributed by atoms with Crippen molar-refractivity contribution in [3.8, 4) is 5.88 Å². The molecule has 1 aliphatic heterocycles. The summed E-state index contributed by atoms with van der Waals surface area (Å²) in [6, 6.07) is 3.56. The molecule has 0 aromatic carbocycles. The average molecular weight is 420 g/mol. The van der Waals surface area contributed by atoms with E-state index in [2.05, 4.69) is 4.98 Å². The van der Waals surface area contributed by atoms with Gasteiger partial charge in [-0.2, -0.15) is 13.2 Å². The maximum absolute atomic E-state index is 13.0. The van der Waals surface area contributed by atoms with Gasteiger partial charge in [-0.3, -0.25) is 4.79 Å². The highest BCUT2D eigenvalue weighted by atomic mass is 19.4. The van der Waals surface area contributed by atoms with Crippen molar-refractivity contribution in [2.75, 3.05) is 26.9 Å². The van der Waals surface area contributed by atoms with Crippen molar-refractivity contribution in [3.63, 3.8) is 0 Å². The second kappa shape index (κ2) is 9.88. The normalized spacial score (nSPS) is 23.6. The van der Waals surface area contributed by atoms with E-state index in [1.807, 2.05) is 11.8 Å². The number of amides is 1. The summed E-state index contributed by atoms with van der Waals surface area (Å²) in [5, 5.41) is 7.12. The van der Waals surface area contributed by atoms with Crippen LogP contribution in [-0.4, -0.2) is 78.2 Å². The lowest BCUT2D eigenvalue weighted by Crippen LogP contribution is -2.46. The van der Waals surface area contributed by atoms with Crippen LogP contribution in [0.5, 0.6) is 5.88 Å². The summed E-state index contributed by atoms with van der Waals surface area (Å²) in [4.78, 5) is 27.8. The number of fused-ring (bicyclic) bond motifs is 2. The van der Waals surface area contributed by atoms with Gasteiger partial charge in [0, 0.05) is 19.3 Å². The van der Waals surface area contributed by atoms with Crippen LogP contribution < -0.4 is 4.74 Å². The molecule has 0 spiro atoms. The Labute approximate surface area is 165 Å². The Morgan fingerprint density at radius 2 is 2.07 bits per heavy atom. The third-order valence-electron chi connectivity index (χ3n) is 4.61. The molecular formula is C18H23F3N2O6. The SMILES string of the molecule is CCOC1C2CCC1N(C(=O)c1cccnc1OC)CCO2.O=C(O)C(F)(F)F. The number of ether oxygens (including phenoxy) is 3. The van der Waals surface area contributed by atoms with Gasteiger partial charge >= 0.3 is 12.1 Å². The first-order valence-electron chi connectivity index (χ1n) is 9.04. The number of rotatable bonds is 4. The molecule has 3 rings (SSSR count). The van der Waals surface area contributed by atoms with E-state index < -0.39 is 12.1 Å². The van der Waals surface area contributed by atoms with Crippen LogP contribution in [0, 0.1) is 0 Å². The monoisotopic (exact) mass is 420 g/mol. The van der Waals surface area contributed by atoms with Crippen LogP contribution in [0.1, 0.15) is 30.1 Å². The highest BCUT2D eigenvalue weighted by Gasteiger charge is 2.45. The molecule has 2 bridgehead atoms. The first-order valence-corrected chi connectivity index (χ1v) is 9.04. The van der Waals surface area contributed by atoms with E-state index in [0.717, 1.165) is 12.8 Å². The molecule has 162 valence electrons. The zero-order valence-corrected chi connectivity index (χ0v) is 16.0. The standard InChI is InChI=1S/C16H22N2O4.C2HF3O2/c1-3-21-14-12-6-7-13(14)22-10-9-18(12)16(19)11-5-4-8-17-15(11)20-2;3-2(4,5)1(6)7/h4-5,8,12-14H,3,6-7,9-10H2,1-2H3;(H,6,7). The summed E-state index contributed by atoms with van der Waals surface area (Å²) in [6.45, 7) is 3.71. The lowest BCUT2D eigenvalue weighted by Gasteiger charge is -2.31. The molecule has 2 aliphatic rings. The van der Waals surface area contributed by atoms with Crippen molar-refractivity contribution in [2.45, 2.75) is 44.2 Å². The molecule has 1 saturated heterocycles. The van der Waals surface area contributed by atoms with Gasteiger partial charge in [0.25, 0.3) is 5.91 Å². The van der Waals surface area contributed by atoms with E-state index in [1.54, 1.807) is 18.3 Å². The van der Waals surface area contributed by atoms with Crippen LogP contribution in [0.25, 0.3) is 0 Å². The molecule has 3 atom stereocenters. The number of halogens is 3. The zero-order chi connectivity index (χ0) is 21.6. The van der Waals surface area contributed by atoms with Gasteiger partial charge in [-0.1, -0.05) is 0 Å². The fourth-order valence-corrected chi connectivity index (χ4v) is 3.42. The Morgan fingerprint density at radius 3 is 2.66 bits per heavy atom. The Morgan fingerprint density at radius 1 is 1.38 bits per heavy atom. The number of aliphatic carboxylic acids is 1. The summed E-state index contributed by atoms with van der Waals surface area (Å²) in [6.07, 6.45) is -1.57. The summed E-state index contributed by atoms with van der Waals surface area (Å²) in [7, 11) is 1.53. The number of methoxy groups -OCH3 is 1. The van der Waals surface area contributed by atoms with E-state index in [4.69, 9.17) is 24.1 Å². The van der Waals surface area contributed by atoms with Gasteiger partial charge < -0.3 is 24.2 Å². The van der Waals surface area contributed by atoms with Gasteiger partial charge in [-0.15, -0.1) is 0 Å². The molecule has 1 aliphatic carbocycles. The Bertz CT molecular complexity index is 715. The van der Waals surface area contributed by atoms with Gasteiger partial charge in [0.2, 0.25) is 5.88 Å². The number of nitrogens with zero attached hydrogens (tertiary/aromatic N) is 2. The van der Waals surface area contributed by atoms with E-state index in [9.17, 15) is 18.0 Å². The Balaban J connectivity index is 0.000000370. The number of carbonyl (C=O) groups is 2. The molecule has 2 heterocycles. The topological polar surface area (TPSA) is 98.2 Å². The van der Waals surface area contributed by atoms with E-state index in [1.165, 1.54) is 7.11 Å². The Hall–Kier alpha value is -2.40. The number of hydrogen-bond donors (Lipinski definition) is 1. The first-order chi connectivity index (χ1) is 13.7. The highest BCUT2D eigenvalue weighted by Crippen LogP contribution is 2.33. The number of alkyl halides is 3. The number of carbonyl (C=O) groups excluding carboxylic acids is 1. The van der Waals surface area contributed by atoms with Crippen LogP contribution >= 0.6 is 0 Å². The second-order valence-electron chi connectivity index (χ2n) is 6.34. The fourth-order valence-electron chi connectivity index (χ4n) is 3.42. The smallest absolute Gasteiger partial charge is 0.480 e. The molecule has 11 heteroatoms. The Kier molecular flexibility index (Phi) is 7.80. The van der Waals surface area contributed by atoms with Gasteiger partial charge in [-0.05, 0) is 31.9 Å². The second-order valence-corrected chi connectivity index (χ2v) is 6.34. The molecule has 1 amide bonds. The maximum Gasteiger partial charge on any atom is 0.490 e. The molecule has 0 radical (unpaired) electrons. The predicted octanol–water partition coefficient (Wildman–Crippen LogP) is 2.13. The molecular weight excluding hydrogens is 397 g/mol. The van der Waals surface area contributed by atoms with E-state index in [0.29, 0.717) is 31.2 Å². The molecule has 1 saturated carbocycles. The quantitative estimate of drug-likeness (QED) is 0.797. The van der Waals surface area contributed by atoms with Gasteiger partial charge in [-0.25, -0.2) is 9.78 Å². The molecule has 1 aromatic rings. The van der Waals surface area contributed by atoms with Crippen LogP contribution in [0.3, 0.4) is 0 Å². The minimum absolute atomic E-state index is 0.0425. The minimum atomic E-state index is -5.08. The summed E-state index contributed by atoms with van der Waals surface area (Å²) in [5.74, 6) is -2.46. The molecule has 3 unspecified atom stereocenters. The molecule has 1 N–H and O–H groups in total. The maximum atomic E-state index is 13.0. The minimum Gasteiger partial charge on any atom is -0.480 e. The lowest BCUT2D eigenvalue weighted by atomic mass is 10.1. The van der Waals surface area contributed by atoms with Crippen LogP contribution in [0.15, 0.2) is 18.3 Å². The molecule has 29 heavy (non-hydrogen) atoms. The largest absolute Gasteiger partial charge is 0.490 e. The van der Waals surface area contributed by atoms with Gasteiger partial charge in [0.05, 0.1) is 25.9 Å². The highest BCUT2D eigenvalue weighted by molar-refractivity contribution is 5.96. The fraction of sp³-hybridized carbons (Fsp3) is 0.611. The average Bonchev–Trinajstić information content (AvgIpc) is 2.96. The van der Waals surface area contributed by atoms with Crippen LogP contribution in [0.4, 0.5) is 13.2 Å². The van der Waals surface area contributed by atoms with Crippen molar-refractivity contribution >= 4 is 11.9 Å². The summed E-state index contributed by atoms with van der Waals surface area (Å²) >= 11 is 0. The van der Waals surface area contributed by atoms with Crippen molar-refractivity contribution in [1.29, 1.82) is 0 Å². The molecule has 1 aromatic heterocycles. The molecule has 8 nitrogen and oxygen atoms in total. The van der Waals surface area contributed by atoms with E-state index in [-0.39, 0.29) is 24.2 Å². The third kappa shape index (κ3) is 5.57. The third-order valence-corrected chi connectivity index (χ3v) is 4.61. The summed E-state index contributed by atoms with van der Waals surface area (Å²) < 4.78 is 48.7. The van der Waals surface area contributed by atoms with Gasteiger partial charge in [0.15, 0.2) is 0 Å². The van der Waals surface area contributed by atoms with Crippen molar-refractivity contribution in [2.24, 2.45) is 0 Å². The summed E-state index contributed by atoms with van der Waals surface area (Å²) in [5.41, 5.74) is 0.491. The predicted molar refractivity (Wildman–Crippen MR) is 93.7 cm³/mol. The zero-order valence-electron chi connectivity index (χ0n) is 16.0. The van der Waals surface area contributed by atoms with E-state index >= 15 is 0 Å². The van der Waals surface area contributed by atoms with Crippen molar-refractivity contribution in [3.05, 3.63) is 23.9 Å².